The highest BCUT2D eigenvalue weighted by Crippen LogP contribution is 2.51. The molecule has 2 atom stereocenters. The van der Waals surface area contributed by atoms with Gasteiger partial charge >= 0.3 is 0 Å². The van der Waals surface area contributed by atoms with E-state index in [1.165, 1.54) is 33.4 Å². The summed E-state index contributed by atoms with van der Waals surface area (Å²) in [6.45, 7) is 5.52. The molecular weight excluding hydrogens is 414 g/mol. The highest BCUT2D eigenvalue weighted by Gasteiger charge is 2.48. The number of quaternary nitrogens is 1. The van der Waals surface area contributed by atoms with E-state index in [9.17, 15) is 0 Å². The third-order valence-electron chi connectivity index (χ3n) is 7.86. The molecule has 3 aliphatic heterocycles. The fourth-order valence-electron chi connectivity index (χ4n) is 6.10. The fourth-order valence-corrected chi connectivity index (χ4v) is 6.10. The molecule has 6 rings (SSSR count). The van der Waals surface area contributed by atoms with E-state index >= 15 is 0 Å². The van der Waals surface area contributed by atoms with Crippen molar-refractivity contribution in [2.24, 2.45) is 0 Å². The molecule has 2 unspecified atom stereocenters. The zero-order valence-electron chi connectivity index (χ0n) is 19.5. The molecule has 0 amide bonds. The van der Waals surface area contributed by atoms with Crippen molar-refractivity contribution in [3.8, 4) is 23.0 Å². The topological polar surface area (TPSA) is 36.9 Å². The molecule has 0 radical (unpaired) electrons. The molecule has 3 aromatic carbocycles. The second-order valence-electron chi connectivity index (χ2n) is 9.50. The van der Waals surface area contributed by atoms with E-state index in [4.69, 9.17) is 18.9 Å². The van der Waals surface area contributed by atoms with Crippen molar-refractivity contribution in [3.63, 3.8) is 0 Å². The molecule has 0 N–H and O–H groups in total. The number of fused-ring (bicyclic) bond motifs is 5. The van der Waals surface area contributed by atoms with Gasteiger partial charge in [0.15, 0.2) is 23.0 Å². The number of hydrogen-bond acceptors (Lipinski definition) is 4. The lowest BCUT2D eigenvalue weighted by atomic mass is 9.80. The van der Waals surface area contributed by atoms with Gasteiger partial charge in [0.1, 0.15) is 19.1 Å². The third-order valence-corrected chi connectivity index (χ3v) is 7.86. The van der Waals surface area contributed by atoms with Crippen molar-refractivity contribution in [1.29, 1.82) is 0 Å². The number of benzene rings is 3. The summed E-state index contributed by atoms with van der Waals surface area (Å²) < 4.78 is 24.0. The maximum atomic E-state index is 5.89. The van der Waals surface area contributed by atoms with Crippen molar-refractivity contribution in [2.45, 2.75) is 38.9 Å². The number of ether oxygens (including phenoxy) is 4. The van der Waals surface area contributed by atoms with Gasteiger partial charge in [0.25, 0.3) is 0 Å². The van der Waals surface area contributed by atoms with Gasteiger partial charge in [-0.2, -0.15) is 0 Å². The van der Waals surface area contributed by atoms with Gasteiger partial charge in [-0.25, -0.2) is 0 Å². The quantitative estimate of drug-likeness (QED) is 0.524. The van der Waals surface area contributed by atoms with Crippen LogP contribution in [0.15, 0.2) is 48.5 Å². The Morgan fingerprint density at radius 2 is 1.79 bits per heavy atom. The van der Waals surface area contributed by atoms with Crippen LogP contribution in [0, 0.1) is 6.92 Å². The van der Waals surface area contributed by atoms with E-state index in [0.29, 0.717) is 12.8 Å². The van der Waals surface area contributed by atoms with Crippen LogP contribution in [0.3, 0.4) is 0 Å². The third kappa shape index (κ3) is 3.17. The van der Waals surface area contributed by atoms with Gasteiger partial charge in [0.05, 0.1) is 26.3 Å². The van der Waals surface area contributed by atoms with Crippen molar-refractivity contribution < 1.29 is 23.4 Å². The van der Waals surface area contributed by atoms with Crippen LogP contribution in [0.1, 0.15) is 39.4 Å². The molecule has 3 aromatic rings. The lowest BCUT2D eigenvalue weighted by Gasteiger charge is -2.51. The summed E-state index contributed by atoms with van der Waals surface area (Å²) in [6, 6.07) is 17.9. The zero-order valence-corrected chi connectivity index (χ0v) is 19.5. The van der Waals surface area contributed by atoms with Gasteiger partial charge in [-0.15, -0.1) is 0 Å². The molecule has 0 saturated heterocycles. The molecule has 0 saturated carbocycles. The lowest BCUT2D eigenvalue weighted by molar-refractivity contribution is -0.985. The predicted octanol–water partition coefficient (Wildman–Crippen LogP) is 5.11. The largest absolute Gasteiger partial charge is 0.493 e. The Hall–Kier alpha value is -3.18. The summed E-state index contributed by atoms with van der Waals surface area (Å²) in [5, 5.41) is 0. The number of rotatable bonds is 4. The highest BCUT2D eigenvalue weighted by molar-refractivity contribution is 5.54. The average Bonchev–Trinajstić information content (AvgIpc) is 3.30. The van der Waals surface area contributed by atoms with Gasteiger partial charge in [-0.05, 0) is 41.8 Å². The van der Waals surface area contributed by atoms with Gasteiger partial charge in [-0.3, -0.25) is 0 Å². The van der Waals surface area contributed by atoms with E-state index in [1.54, 1.807) is 14.2 Å². The van der Waals surface area contributed by atoms with Gasteiger partial charge < -0.3 is 23.4 Å². The second kappa shape index (κ2) is 7.70. The number of methoxy groups -OCH3 is 2. The first-order valence-electron chi connectivity index (χ1n) is 11.7. The Morgan fingerprint density at radius 3 is 2.58 bits per heavy atom. The summed E-state index contributed by atoms with van der Waals surface area (Å²) in [5.41, 5.74) is 8.19. The molecule has 3 heterocycles. The molecule has 0 spiro atoms. The normalized spacial score (nSPS) is 22.2. The average molecular weight is 445 g/mol. The Morgan fingerprint density at radius 1 is 0.970 bits per heavy atom. The minimum atomic E-state index is 0.311. The summed E-state index contributed by atoms with van der Waals surface area (Å²) in [6.07, 6.45) is 1.99. The van der Waals surface area contributed by atoms with E-state index in [-0.39, 0.29) is 0 Å². The van der Waals surface area contributed by atoms with Crippen molar-refractivity contribution in [1.82, 2.24) is 0 Å². The number of nitrogens with zero attached hydrogens (tertiary/aromatic N) is 1. The van der Waals surface area contributed by atoms with Gasteiger partial charge in [0.2, 0.25) is 6.79 Å². The van der Waals surface area contributed by atoms with E-state index in [0.717, 1.165) is 60.0 Å². The van der Waals surface area contributed by atoms with E-state index < -0.39 is 0 Å². The summed E-state index contributed by atoms with van der Waals surface area (Å²) in [4.78, 5) is 0. The van der Waals surface area contributed by atoms with Crippen molar-refractivity contribution in [3.05, 3.63) is 81.9 Å². The van der Waals surface area contributed by atoms with Crippen LogP contribution in [0.2, 0.25) is 0 Å². The van der Waals surface area contributed by atoms with Gasteiger partial charge in [0, 0.05) is 24.0 Å². The van der Waals surface area contributed by atoms with Gasteiger partial charge in [-0.1, -0.05) is 30.3 Å². The number of hydrogen-bond donors (Lipinski definition) is 0. The smallest absolute Gasteiger partial charge is 0.231 e. The first kappa shape index (κ1) is 20.4. The van der Waals surface area contributed by atoms with E-state index in [2.05, 4.69) is 49.4 Å². The molecule has 33 heavy (non-hydrogen) atoms. The standard InChI is InChI=1S/C28H30NO4/c1-18-6-4-5-7-21(18)15-29-11-10-20-13-26-27(33-17-32-26)14-22(20)24(29)12-19-8-9-25(30-2)28(31-3)23(19)16-29/h4-9,13-14,24H,10-12,15-17H2,1-3H3/q+1. The molecule has 3 aliphatic rings. The second-order valence-corrected chi connectivity index (χ2v) is 9.50. The van der Waals surface area contributed by atoms with E-state index in [1.807, 2.05) is 6.07 Å². The van der Waals surface area contributed by atoms with Crippen LogP contribution >= 0.6 is 0 Å². The molecule has 5 nitrogen and oxygen atoms in total. The lowest BCUT2D eigenvalue weighted by Crippen LogP contribution is -2.55. The van der Waals surface area contributed by atoms with Crippen LogP contribution in [0.25, 0.3) is 0 Å². The minimum Gasteiger partial charge on any atom is -0.493 e. The predicted molar refractivity (Wildman–Crippen MR) is 126 cm³/mol. The summed E-state index contributed by atoms with van der Waals surface area (Å²) in [5.74, 6) is 3.45. The van der Waals surface area contributed by atoms with Crippen LogP contribution in [-0.4, -0.2) is 32.0 Å². The minimum absolute atomic E-state index is 0.311. The van der Waals surface area contributed by atoms with Crippen LogP contribution in [-0.2, 0) is 25.9 Å². The molecule has 0 aliphatic carbocycles. The maximum Gasteiger partial charge on any atom is 0.231 e. The molecule has 170 valence electrons. The van der Waals surface area contributed by atoms with Crippen molar-refractivity contribution >= 4 is 0 Å². The first-order chi connectivity index (χ1) is 16.1. The van der Waals surface area contributed by atoms with Crippen LogP contribution < -0.4 is 18.9 Å². The SMILES string of the molecule is COc1ccc2c(c1OC)C[N+]1(Cc3ccccc3C)CCc3cc4c(cc3C1C2)OCO4. The number of aryl methyl sites for hydroxylation is 1. The fraction of sp³-hybridized carbons (Fsp3) is 0.357. The molecule has 0 bridgehead atoms. The summed E-state index contributed by atoms with van der Waals surface area (Å²) >= 11 is 0. The Kier molecular flexibility index (Phi) is 4.77. The van der Waals surface area contributed by atoms with Crippen molar-refractivity contribution in [2.75, 3.05) is 27.6 Å². The first-order valence-corrected chi connectivity index (χ1v) is 11.7. The Labute approximate surface area is 195 Å². The molecular formula is C28H30NO4+. The Balaban J connectivity index is 1.52. The maximum absolute atomic E-state index is 5.89. The molecule has 0 aromatic heterocycles. The molecule has 0 fully saturated rings. The van der Waals surface area contributed by atoms with Crippen LogP contribution in [0.4, 0.5) is 0 Å². The highest BCUT2D eigenvalue weighted by atomic mass is 16.7. The Bertz CT molecular complexity index is 1240. The zero-order chi connectivity index (χ0) is 22.6. The summed E-state index contributed by atoms with van der Waals surface area (Å²) in [7, 11) is 3.47. The molecule has 5 heteroatoms. The monoisotopic (exact) mass is 444 g/mol. The van der Waals surface area contributed by atoms with Crippen LogP contribution in [0.5, 0.6) is 23.0 Å².